The third-order valence-corrected chi connectivity index (χ3v) is 2.13. The second-order valence-electron chi connectivity index (χ2n) is 3.82. The smallest absolute Gasteiger partial charge is 0.309 e. The molecule has 0 aliphatic carbocycles. The van der Waals surface area contributed by atoms with Crippen LogP contribution in [0.3, 0.4) is 0 Å². The van der Waals surface area contributed by atoms with E-state index in [1.54, 1.807) is 0 Å². The maximum absolute atomic E-state index is 11.3. The fourth-order valence-corrected chi connectivity index (χ4v) is 1.23. The van der Waals surface area contributed by atoms with Crippen LogP contribution < -0.4 is 5.32 Å². The van der Waals surface area contributed by atoms with Crippen molar-refractivity contribution in [1.82, 2.24) is 5.32 Å². The topological polar surface area (TPSA) is 47.6 Å². The predicted molar refractivity (Wildman–Crippen MR) is 64.4 cm³/mol. The predicted octanol–water partition coefficient (Wildman–Crippen LogP) is 1.59. The van der Waals surface area contributed by atoms with E-state index in [2.05, 4.69) is 12.2 Å². The van der Waals surface area contributed by atoms with E-state index >= 15 is 0 Å². The molecule has 0 spiro atoms. The molecule has 0 aromatic carbocycles. The first-order valence-corrected chi connectivity index (χ1v) is 6.17. The summed E-state index contributed by atoms with van der Waals surface area (Å²) < 4.78 is 10.3. The zero-order valence-corrected chi connectivity index (χ0v) is 10.8. The number of nitrogens with one attached hydrogen (secondary N) is 1. The van der Waals surface area contributed by atoms with E-state index in [4.69, 9.17) is 9.47 Å². The summed E-state index contributed by atoms with van der Waals surface area (Å²) in [6.07, 6.45) is 2.04. The average molecular weight is 231 g/mol. The maximum Gasteiger partial charge on any atom is 0.309 e. The van der Waals surface area contributed by atoms with Crippen LogP contribution >= 0.6 is 0 Å². The minimum Gasteiger partial charge on any atom is -0.466 e. The third-order valence-electron chi connectivity index (χ3n) is 2.13. The van der Waals surface area contributed by atoms with E-state index in [0.29, 0.717) is 13.2 Å². The van der Waals surface area contributed by atoms with E-state index in [9.17, 15) is 4.79 Å². The van der Waals surface area contributed by atoms with Gasteiger partial charge in [-0.1, -0.05) is 13.8 Å². The van der Waals surface area contributed by atoms with Gasteiger partial charge in [0.2, 0.25) is 0 Å². The van der Waals surface area contributed by atoms with Gasteiger partial charge >= 0.3 is 5.97 Å². The van der Waals surface area contributed by atoms with Gasteiger partial charge in [-0.15, -0.1) is 0 Å². The normalized spacial score (nSPS) is 12.4. The SMILES string of the molecule is CCCOCCCNCC(C)C(=O)OCC. The van der Waals surface area contributed by atoms with E-state index in [1.165, 1.54) is 0 Å². The summed E-state index contributed by atoms with van der Waals surface area (Å²) in [6, 6.07) is 0. The lowest BCUT2D eigenvalue weighted by Crippen LogP contribution is -2.29. The highest BCUT2D eigenvalue weighted by molar-refractivity contribution is 5.72. The Kier molecular flexibility index (Phi) is 10.5. The van der Waals surface area contributed by atoms with Crippen LogP contribution in [0, 0.1) is 5.92 Å². The highest BCUT2D eigenvalue weighted by Crippen LogP contribution is 1.96. The Morgan fingerprint density at radius 1 is 1.31 bits per heavy atom. The number of esters is 1. The molecule has 16 heavy (non-hydrogen) atoms. The van der Waals surface area contributed by atoms with Gasteiger partial charge in [-0.3, -0.25) is 4.79 Å². The number of rotatable bonds is 10. The van der Waals surface area contributed by atoms with Crippen molar-refractivity contribution in [2.24, 2.45) is 5.92 Å². The molecule has 0 aliphatic rings. The largest absolute Gasteiger partial charge is 0.466 e. The molecule has 1 N–H and O–H groups in total. The maximum atomic E-state index is 11.3. The molecule has 0 saturated carbocycles. The van der Waals surface area contributed by atoms with Gasteiger partial charge < -0.3 is 14.8 Å². The first-order chi connectivity index (χ1) is 7.72. The third kappa shape index (κ3) is 8.68. The standard InChI is InChI=1S/C12H25NO3/c1-4-8-15-9-6-7-13-10-11(3)12(14)16-5-2/h11,13H,4-10H2,1-3H3. The van der Waals surface area contributed by atoms with Crippen molar-refractivity contribution < 1.29 is 14.3 Å². The fourth-order valence-electron chi connectivity index (χ4n) is 1.23. The number of ether oxygens (including phenoxy) is 2. The second kappa shape index (κ2) is 10.9. The van der Waals surface area contributed by atoms with Crippen LogP contribution in [0.5, 0.6) is 0 Å². The van der Waals surface area contributed by atoms with E-state index < -0.39 is 0 Å². The molecular formula is C12H25NO3. The monoisotopic (exact) mass is 231 g/mol. The van der Waals surface area contributed by atoms with Crippen molar-refractivity contribution in [3.05, 3.63) is 0 Å². The highest BCUT2D eigenvalue weighted by Gasteiger charge is 2.12. The van der Waals surface area contributed by atoms with Crippen LogP contribution in [0.4, 0.5) is 0 Å². The fraction of sp³-hybridized carbons (Fsp3) is 0.917. The molecule has 0 heterocycles. The molecule has 0 saturated heterocycles. The molecule has 0 aromatic heterocycles. The molecular weight excluding hydrogens is 206 g/mol. The second-order valence-corrected chi connectivity index (χ2v) is 3.82. The zero-order valence-electron chi connectivity index (χ0n) is 10.8. The van der Waals surface area contributed by atoms with Crippen LogP contribution in [0.25, 0.3) is 0 Å². The lowest BCUT2D eigenvalue weighted by molar-refractivity contribution is -0.147. The van der Waals surface area contributed by atoms with Crippen LogP contribution in [0.15, 0.2) is 0 Å². The lowest BCUT2D eigenvalue weighted by atomic mass is 10.2. The Morgan fingerprint density at radius 2 is 2.06 bits per heavy atom. The molecule has 96 valence electrons. The molecule has 0 aromatic rings. The van der Waals surface area contributed by atoms with Crippen molar-refractivity contribution in [1.29, 1.82) is 0 Å². The number of carbonyl (C=O) groups excluding carboxylic acids is 1. The van der Waals surface area contributed by atoms with Crippen molar-refractivity contribution >= 4 is 5.97 Å². The summed E-state index contributed by atoms with van der Waals surface area (Å²) in [4.78, 5) is 11.3. The Morgan fingerprint density at radius 3 is 2.69 bits per heavy atom. The van der Waals surface area contributed by atoms with Gasteiger partial charge in [0, 0.05) is 19.8 Å². The first kappa shape index (κ1) is 15.4. The zero-order chi connectivity index (χ0) is 12.2. The molecule has 4 heteroatoms. The molecule has 4 nitrogen and oxygen atoms in total. The van der Waals surface area contributed by atoms with Gasteiger partial charge in [0.15, 0.2) is 0 Å². The van der Waals surface area contributed by atoms with Crippen LogP contribution in [0.1, 0.15) is 33.6 Å². The molecule has 1 unspecified atom stereocenters. The molecule has 0 fully saturated rings. The van der Waals surface area contributed by atoms with Crippen LogP contribution in [-0.4, -0.2) is 38.9 Å². The van der Waals surface area contributed by atoms with Gasteiger partial charge in [0.25, 0.3) is 0 Å². The number of carbonyl (C=O) groups is 1. The lowest BCUT2D eigenvalue weighted by Gasteiger charge is -2.11. The van der Waals surface area contributed by atoms with Gasteiger partial charge in [-0.2, -0.15) is 0 Å². The molecule has 0 amide bonds. The van der Waals surface area contributed by atoms with Crippen molar-refractivity contribution in [3.8, 4) is 0 Å². The minimum atomic E-state index is -0.128. The van der Waals surface area contributed by atoms with Crippen LogP contribution in [-0.2, 0) is 14.3 Å². The van der Waals surface area contributed by atoms with Gasteiger partial charge in [-0.25, -0.2) is 0 Å². The Bertz CT molecular complexity index is 174. The van der Waals surface area contributed by atoms with Crippen molar-refractivity contribution in [2.75, 3.05) is 32.9 Å². The summed E-state index contributed by atoms with van der Waals surface area (Å²) >= 11 is 0. The van der Waals surface area contributed by atoms with E-state index in [1.807, 2.05) is 13.8 Å². The molecule has 0 bridgehead atoms. The van der Waals surface area contributed by atoms with Gasteiger partial charge in [0.05, 0.1) is 12.5 Å². The Labute approximate surface area is 98.7 Å². The van der Waals surface area contributed by atoms with Gasteiger partial charge in [-0.05, 0) is 26.3 Å². The van der Waals surface area contributed by atoms with Gasteiger partial charge in [0.1, 0.15) is 0 Å². The summed E-state index contributed by atoms with van der Waals surface area (Å²) in [5, 5.41) is 3.22. The number of hydrogen-bond acceptors (Lipinski definition) is 4. The Balaban J connectivity index is 3.27. The Hall–Kier alpha value is -0.610. The van der Waals surface area contributed by atoms with E-state index in [0.717, 1.165) is 32.6 Å². The van der Waals surface area contributed by atoms with Crippen molar-refractivity contribution in [3.63, 3.8) is 0 Å². The van der Waals surface area contributed by atoms with E-state index in [-0.39, 0.29) is 11.9 Å². The summed E-state index contributed by atoms with van der Waals surface area (Å²) in [5.74, 6) is -0.200. The average Bonchev–Trinajstić information content (AvgIpc) is 2.28. The molecule has 0 radical (unpaired) electrons. The molecule has 0 aliphatic heterocycles. The van der Waals surface area contributed by atoms with Crippen LogP contribution in [0.2, 0.25) is 0 Å². The van der Waals surface area contributed by atoms with Crippen molar-refractivity contribution in [2.45, 2.75) is 33.6 Å². The molecule has 0 rings (SSSR count). The minimum absolute atomic E-state index is 0.0727. The summed E-state index contributed by atoms with van der Waals surface area (Å²) in [6.45, 7) is 9.42. The highest BCUT2D eigenvalue weighted by atomic mass is 16.5. The quantitative estimate of drug-likeness (QED) is 0.458. The summed E-state index contributed by atoms with van der Waals surface area (Å²) in [7, 11) is 0. The number of hydrogen-bond donors (Lipinski definition) is 1. The molecule has 1 atom stereocenters. The first-order valence-electron chi connectivity index (χ1n) is 6.17. The summed E-state index contributed by atoms with van der Waals surface area (Å²) in [5.41, 5.74) is 0.